The van der Waals surface area contributed by atoms with Gasteiger partial charge >= 0.3 is 42.3 Å². The van der Waals surface area contributed by atoms with Crippen molar-refractivity contribution in [1.82, 2.24) is 26.6 Å². The van der Waals surface area contributed by atoms with Crippen molar-refractivity contribution in [3.8, 4) is 11.5 Å². The molecule has 8 aromatic carbocycles. The number of ether oxygens (including phenoxy) is 6. The molecule has 144 heavy (non-hydrogen) atoms. The zero-order chi connectivity index (χ0) is 106. The number of aryl methyl sites for hydroxylation is 4. The van der Waals surface area contributed by atoms with Gasteiger partial charge in [-0.2, -0.15) is 0 Å². The number of esters is 2. The lowest BCUT2D eigenvalue weighted by molar-refractivity contribution is -0.159. The normalized spacial score (nSPS) is 12.7. The van der Waals surface area contributed by atoms with Gasteiger partial charge in [0, 0.05) is 56.7 Å². The van der Waals surface area contributed by atoms with Gasteiger partial charge in [-0.3, -0.25) is 47.9 Å². The number of nitrogens with one attached hydrogen (secondary N) is 5. The van der Waals surface area contributed by atoms with Crippen LogP contribution >= 0.6 is 12.4 Å². The zero-order valence-electron chi connectivity index (χ0n) is 85.2. The molecule has 0 saturated heterocycles. The number of aromatic hydroxyl groups is 2. The maximum atomic E-state index is 14.0. The number of carbonyl (C=O) groups is 14. The lowest BCUT2D eigenvalue weighted by Crippen LogP contribution is -2.46. The monoisotopic (exact) mass is 2010 g/mol. The Morgan fingerprint density at radius 2 is 0.597 bits per heavy atom. The molecule has 8 rings (SSSR count). The number of hydrogen-bond donors (Lipinski definition) is 12. The van der Waals surface area contributed by atoms with Gasteiger partial charge in [0.15, 0.2) is 11.6 Å². The van der Waals surface area contributed by atoms with Gasteiger partial charge in [-0.05, 0) is 271 Å². The molecule has 0 aliphatic heterocycles. The van der Waals surface area contributed by atoms with Crippen LogP contribution in [0.2, 0.25) is 0 Å². The number of rotatable bonds is 51. The highest BCUT2D eigenvalue weighted by molar-refractivity contribution is 5.94. The fourth-order valence-corrected chi connectivity index (χ4v) is 15.3. The number of carbonyl (C=O) groups excluding carboxylic acids is 13. The fourth-order valence-electron chi connectivity index (χ4n) is 15.3. The molecule has 8 atom stereocenters. The number of unbranched alkanes of at least 4 members (excludes halogenated alkanes) is 3. The topological polar surface area (TPSA) is 519 Å². The Labute approximate surface area is 851 Å². The van der Waals surface area contributed by atoms with Crippen molar-refractivity contribution in [2.45, 2.75) is 267 Å². The quantitative estimate of drug-likeness (QED) is 0.00957. The highest BCUT2D eigenvalue weighted by atomic mass is 35.5. The van der Waals surface area contributed by atoms with Gasteiger partial charge in [0.25, 0.3) is 0 Å². The number of benzene rings is 8. The summed E-state index contributed by atoms with van der Waals surface area (Å²) in [7, 11) is 0. The third-order valence-electron chi connectivity index (χ3n) is 22.6. The number of halogens is 1. The minimum Gasteiger partial charge on any atom is -0.508 e. The first-order valence-electron chi connectivity index (χ1n) is 48.3. The van der Waals surface area contributed by atoms with Gasteiger partial charge < -0.3 is 93.3 Å². The smallest absolute Gasteiger partial charge is 0.408 e. The van der Waals surface area contributed by atoms with Gasteiger partial charge in [-0.1, -0.05) is 182 Å². The number of aliphatic carboxylic acids is 1. The number of carboxylic acids is 1. The van der Waals surface area contributed by atoms with Gasteiger partial charge in [-0.25, -0.2) is 19.2 Å². The average molecular weight is 2010 g/mol. The lowest BCUT2D eigenvalue weighted by Gasteiger charge is -2.25. The maximum Gasteiger partial charge on any atom is 0.408 e. The molecule has 0 aliphatic carbocycles. The molecular formula is C111H148ClN9O23. The summed E-state index contributed by atoms with van der Waals surface area (Å²) in [4.78, 5) is 174. The summed E-state index contributed by atoms with van der Waals surface area (Å²) >= 11 is 0. The van der Waals surface area contributed by atoms with Crippen molar-refractivity contribution in [3.05, 3.63) is 273 Å². The minimum absolute atomic E-state index is 0. The van der Waals surface area contributed by atoms with E-state index in [2.05, 4.69) is 26.6 Å². The number of phenolic OH excluding ortho intramolecular Hbond substituents is 2. The largest absolute Gasteiger partial charge is 0.508 e. The lowest BCUT2D eigenvalue weighted by atomic mass is 9.88. The molecule has 0 heterocycles. The summed E-state index contributed by atoms with van der Waals surface area (Å²) < 4.78 is 31.7. The van der Waals surface area contributed by atoms with E-state index in [-0.39, 0.29) is 125 Å². The van der Waals surface area contributed by atoms with Crippen LogP contribution in [0.5, 0.6) is 11.5 Å². The maximum absolute atomic E-state index is 14.0. The first-order valence-corrected chi connectivity index (χ1v) is 48.3. The predicted octanol–water partition coefficient (Wildman–Crippen LogP) is 16.2. The molecule has 0 fully saturated rings. The molecule has 16 N–H and O–H groups in total. The zero-order valence-corrected chi connectivity index (χ0v) is 86.0. The van der Waals surface area contributed by atoms with Crippen LogP contribution in [0.4, 0.5) is 19.2 Å². The molecule has 32 nitrogen and oxygen atoms in total. The molecule has 0 spiro atoms. The summed E-state index contributed by atoms with van der Waals surface area (Å²) in [6.07, 6.45) is 2.83. The van der Waals surface area contributed by atoms with Crippen LogP contribution in [-0.2, 0) is 128 Å². The molecule has 8 aromatic rings. The average Bonchev–Trinajstić information content (AvgIpc) is 0.827. The molecule has 0 saturated carbocycles. The second kappa shape index (κ2) is 63.8. The van der Waals surface area contributed by atoms with Crippen LogP contribution in [-0.4, -0.2) is 153 Å². The molecule has 0 radical (unpaired) electrons. The van der Waals surface area contributed by atoms with E-state index in [1.165, 1.54) is 0 Å². The number of amides is 8. The molecule has 0 aromatic heterocycles. The molecule has 1 unspecified atom stereocenters. The Balaban J connectivity index is 0.000000417. The van der Waals surface area contributed by atoms with Crippen molar-refractivity contribution in [1.29, 1.82) is 0 Å². The van der Waals surface area contributed by atoms with Crippen molar-refractivity contribution < 1.29 is 111 Å². The van der Waals surface area contributed by atoms with Crippen molar-refractivity contribution in [3.63, 3.8) is 0 Å². The van der Waals surface area contributed by atoms with E-state index in [4.69, 9.17) is 51.4 Å². The second-order valence-electron chi connectivity index (χ2n) is 38.5. The van der Waals surface area contributed by atoms with Gasteiger partial charge in [-0.15, -0.1) is 12.4 Å². The van der Waals surface area contributed by atoms with Crippen LogP contribution < -0.4 is 49.5 Å². The number of alkyl carbamates (subject to hydrolysis) is 4. The van der Waals surface area contributed by atoms with E-state index in [0.717, 1.165) is 66.8 Å². The van der Waals surface area contributed by atoms with Crippen LogP contribution in [0, 0.1) is 57.3 Å². The van der Waals surface area contributed by atoms with Crippen molar-refractivity contribution in [2.24, 2.45) is 52.5 Å². The third kappa shape index (κ3) is 51.6. The Bertz CT molecular complexity index is 5330. The third-order valence-corrected chi connectivity index (χ3v) is 22.6. The summed E-state index contributed by atoms with van der Waals surface area (Å²) in [5.74, 6) is -8.73. The van der Waals surface area contributed by atoms with E-state index in [0.29, 0.717) is 77.3 Å². The SMILES string of the molecule is CC(C)(C)OC(=O)N[C@@H](CCCCNC(=O)OCc1ccccc1)C(=O)C[C@@H](Cc1ccccc1)C(N)=O.Cc1cc(O)cc(C)c1CC(CC(=O)OC(C)(C)C)C(=O)O.Cc1cc(O)cc(C)c1C[C@H](CC(=O)OC(C)(C)C)C(=O)N[C@@H](CCCCNC(=O)OCc1ccccc1)C(=O)C[C@@H](Cc1ccccc1)C(N)=O.Cl.NC(=O)[C@@H](CC(=O)[C@@H](N)CCCCNC(=O)OCc1ccccc1)Cc1ccccc1. The van der Waals surface area contributed by atoms with E-state index in [1.807, 2.05) is 210 Å². The van der Waals surface area contributed by atoms with Crippen LogP contribution in [0.15, 0.2) is 206 Å². The second-order valence-corrected chi connectivity index (χ2v) is 38.5. The first-order chi connectivity index (χ1) is 67.6. The van der Waals surface area contributed by atoms with E-state index >= 15 is 0 Å². The standard InChI is InChI=1S/C41H53N3O8.C29H39N3O6.C24H31N3O4.C17H24O5.ClH/c1-27-20-33(45)21-28(2)34(27)23-32(25-37(47)52-41(3,4)5)39(49)44-35(36(46)24-31(38(42)48)22-29-14-8-6-9-15-29)18-12-13-19-43-40(50)51-26-30-16-10-7-11-17-30;1-29(2,3)38-28(36)32-24(25(33)19-23(26(30)34)18-21-12-6-4-7-13-21)16-10-11-17-31-27(35)37-20-22-14-8-5-9-15-22;25-21(22(28)16-20(23(26)29)15-18-9-3-1-4-10-18)13-7-8-14-27-24(30)31-17-19-11-5-2-6-12-19;1-10-6-13(18)7-11(2)14(10)8-12(16(20)21)9-15(19)22-17(3,4)5;/h6-11,14-17,20-21,31-32,35,45H,12-13,18-19,22-26H2,1-5H3,(H2,42,48)(H,43,50)(H,44,49);4-9,12-15,23-24H,10-11,16-20H2,1-3H3,(H2,30,34)(H,31,35)(H,32,36);1-6,9-12,20-21H,7-8,13-17,25H2,(H2,26,29)(H,27,30);6-7,12,18H,8-9H2,1-5H3,(H,20,21);1H/t31-,32-,35+;23-,24+;20-,21+;;/m111../s1. The Morgan fingerprint density at radius 1 is 0.326 bits per heavy atom. The Hall–Kier alpha value is -14.0. The Kier molecular flexibility index (Phi) is 54.2. The van der Waals surface area contributed by atoms with Gasteiger partial charge in [0.2, 0.25) is 23.6 Å². The number of phenols is 2. The van der Waals surface area contributed by atoms with E-state index in [9.17, 15) is 82.4 Å². The van der Waals surface area contributed by atoms with Crippen LogP contribution in [0.3, 0.4) is 0 Å². The van der Waals surface area contributed by atoms with Crippen LogP contribution in [0.1, 0.15) is 219 Å². The molecule has 0 bridgehead atoms. The molecule has 33 heteroatoms. The highest BCUT2D eigenvalue weighted by Crippen LogP contribution is 2.30. The highest BCUT2D eigenvalue weighted by Gasteiger charge is 2.35. The van der Waals surface area contributed by atoms with Crippen molar-refractivity contribution in [2.75, 3.05) is 19.6 Å². The first kappa shape index (κ1) is 122. The summed E-state index contributed by atoms with van der Waals surface area (Å²) in [6, 6.07) is 60.0. The summed E-state index contributed by atoms with van der Waals surface area (Å²) in [5.41, 5.74) is 30.8. The number of carboxylic acid groups (broad SMARTS) is 1. The van der Waals surface area contributed by atoms with Gasteiger partial charge in [0.05, 0.1) is 42.8 Å². The number of ketones is 3. The number of Topliss-reactive ketones (excluding diaryl/α,β-unsaturated/α-hetero) is 3. The minimum atomic E-state index is -1.03. The molecule has 8 amide bonds. The molecule has 0 aliphatic rings. The predicted molar refractivity (Wildman–Crippen MR) is 551 cm³/mol. The van der Waals surface area contributed by atoms with E-state index < -0.39 is 130 Å². The van der Waals surface area contributed by atoms with Crippen molar-refractivity contribution >= 4 is 95.7 Å². The fraction of sp³-hybridized carbons (Fsp3) is 0.441. The summed E-state index contributed by atoms with van der Waals surface area (Å²) in [6.45, 7) is 24.5. The summed E-state index contributed by atoms with van der Waals surface area (Å²) in [5, 5.41) is 42.6. The van der Waals surface area contributed by atoms with Gasteiger partial charge in [0.1, 0.15) is 53.9 Å². The molecule has 782 valence electrons. The number of primary amides is 3. The Morgan fingerprint density at radius 3 is 0.889 bits per heavy atom. The number of hydrogen-bond acceptors (Lipinski definition) is 23. The van der Waals surface area contributed by atoms with E-state index in [1.54, 1.807) is 86.6 Å². The van der Waals surface area contributed by atoms with Crippen LogP contribution in [0.25, 0.3) is 0 Å². The number of nitrogens with two attached hydrogens (primary N) is 4. The molecular weight excluding hydrogens is 1860 g/mol.